The van der Waals surface area contributed by atoms with Gasteiger partial charge in [-0.1, -0.05) is 43.9 Å². The zero-order valence-corrected chi connectivity index (χ0v) is 11.4. The molecule has 1 unspecified atom stereocenters. The molecular formula is C16H19NO2. The zero-order chi connectivity index (χ0) is 13.9. The van der Waals surface area contributed by atoms with Gasteiger partial charge >= 0.3 is 0 Å². The molecule has 1 aromatic rings. The number of carbonyl (C=O) groups excluding carboxylic acids is 1. The van der Waals surface area contributed by atoms with E-state index in [-0.39, 0.29) is 23.8 Å². The first-order chi connectivity index (χ1) is 9.04. The van der Waals surface area contributed by atoms with E-state index >= 15 is 0 Å². The first-order valence-corrected chi connectivity index (χ1v) is 6.50. The van der Waals surface area contributed by atoms with E-state index < -0.39 is 0 Å². The van der Waals surface area contributed by atoms with Crippen molar-refractivity contribution in [3.05, 3.63) is 35.4 Å². The van der Waals surface area contributed by atoms with Crippen LogP contribution in [0, 0.1) is 23.2 Å². The predicted molar refractivity (Wildman–Crippen MR) is 74.1 cm³/mol. The number of carbonyl (C=O) groups is 1. The molecule has 0 aliphatic heterocycles. The summed E-state index contributed by atoms with van der Waals surface area (Å²) >= 11 is 0. The number of hydrogen-bond donors (Lipinski definition) is 2. The van der Waals surface area contributed by atoms with Crippen LogP contribution >= 0.6 is 0 Å². The van der Waals surface area contributed by atoms with Crippen molar-refractivity contribution in [1.29, 1.82) is 0 Å². The molecule has 1 aliphatic rings. The third kappa shape index (κ3) is 3.36. The Bertz CT molecular complexity index is 537. The van der Waals surface area contributed by atoms with Gasteiger partial charge < -0.3 is 10.4 Å². The van der Waals surface area contributed by atoms with E-state index in [1.165, 1.54) is 0 Å². The summed E-state index contributed by atoms with van der Waals surface area (Å²) in [6, 6.07) is 7.66. The van der Waals surface area contributed by atoms with Gasteiger partial charge in [-0.15, -0.1) is 0 Å². The smallest absolute Gasteiger partial charge is 0.223 e. The van der Waals surface area contributed by atoms with Crippen LogP contribution < -0.4 is 5.32 Å². The molecule has 3 nitrogen and oxygen atoms in total. The molecule has 2 rings (SSSR count). The maximum Gasteiger partial charge on any atom is 0.223 e. The Kier molecular flexibility index (Phi) is 3.92. The maximum atomic E-state index is 11.9. The number of rotatable bonds is 3. The summed E-state index contributed by atoms with van der Waals surface area (Å²) in [5.41, 5.74) is 1.99. The van der Waals surface area contributed by atoms with E-state index in [4.69, 9.17) is 5.11 Å². The van der Waals surface area contributed by atoms with Crippen LogP contribution in [0.3, 0.4) is 0 Å². The molecule has 0 radical (unpaired) electrons. The molecule has 1 saturated carbocycles. The monoisotopic (exact) mass is 257 g/mol. The van der Waals surface area contributed by atoms with Crippen molar-refractivity contribution in [2.75, 3.05) is 6.61 Å². The molecule has 2 N–H and O–H groups in total. The number of nitrogens with one attached hydrogen (secondary N) is 1. The highest BCUT2D eigenvalue weighted by Gasteiger charge is 2.50. The minimum absolute atomic E-state index is 0.120. The Morgan fingerprint density at radius 2 is 2.16 bits per heavy atom. The number of benzene rings is 1. The van der Waals surface area contributed by atoms with Crippen molar-refractivity contribution < 1.29 is 9.90 Å². The highest BCUT2D eigenvalue weighted by molar-refractivity contribution is 5.82. The van der Waals surface area contributed by atoms with Crippen molar-refractivity contribution in [3.8, 4) is 11.8 Å². The summed E-state index contributed by atoms with van der Waals surface area (Å²) < 4.78 is 0. The molecule has 1 amide bonds. The maximum absolute atomic E-state index is 11.9. The third-order valence-electron chi connectivity index (χ3n) is 3.60. The fourth-order valence-corrected chi connectivity index (χ4v) is 2.15. The van der Waals surface area contributed by atoms with E-state index in [1.54, 1.807) is 0 Å². The standard InChI is InChI=1S/C16H19NO2/c1-16(2)10-14(16)15(19)17-11-13-7-4-3-6-12(13)8-5-9-18/h3-4,6-7,14,18H,9-11H2,1-2H3,(H,17,19). The number of aliphatic hydroxyl groups is 1. The summed E-state index contributed by atoms with van der Waals surface area (Å²) in [5, 5.41) is 11.7. The summed E-state index contributed by atoms with van der Waals surface area (Å²) in [7, 11) is 0. The molecule has 19 heavy (non-hydrogen) atoms. The molecule has 100 valence electrons. The average Bonchev–Trinajstić information content (AvgIpc) is 3.03. The minimum Gasteiger partial charge on any atom is -0.384 e. The predicted octanol–water partition coefficient (Wildman–Crippen LogP) is 1.69. The van der Waals surface area contributed by atoms with Gasteiger partial charge in [0.1, 0.15) is 6.61 Å². The molecule has 0 heterocycles. The SMILES string of the molecule is CC1(C)CC1C(=O)NCc1ccccc1C#CCO. The van der Waals surface area contributed by atoms with Crippen molar-refractivity contribution in [2.45, 2.75) is 26.8 Å². The van der Waals surface area contributed by atoms with E-state index in [9.17, 15) is 4.79 Å². The molecule has 1 aliphatic carbocycles. The first kappa shape index (κ1) is 13.6. The van der Waals surface area contributed by atoms with Crippen molar-refractivity contribution in [3.63, 3.8) is 0 Å². The second kappa shape index (κ2) is 5.46. The van der Waals surface area contributed by atoms with Crippen LogP contribution in [0.4, 0.5) is 0 Å². The van der Waals surface area contributed by atoms with Crippen LogP contribution in [-0.2, 0) is 11.3 Å². The van der Waals surface area contributed by atoms with Gasteiger partial charge in [0.2, 0.25) is 5.91 Å². The number of hydrogen-bond acceptors (Lipinski definition) is 2. The second-order valence-electron chi connectivity index (χ2n) is 5.58. The third-order valence-corrected chi connectivity index (χ3v) is 3.60. The van der Waals surface area contributed by atoms with Gasteiger partial charge in [0, 0.05) is 18.0 Å². The van der Waals surface area contributed by atoms with Crippen molar-refractivity contribution >= 4 is 5.91 Å². The largest absolute Gasteiger partial charge is 0.384 e. The molecule has 0 spiro atoms. The van der Waals surface area contributed by atoms with Gasteiger partial charge in [0.25, 0.3) is 0 Å². The lowest BCUT2D eigenvalue weighted by Gasteiger charge is -2.08. The van der Waals surface area contributed by atoms with E-state index in [0.29, 0.717) is 6.54 Å². The molecule has 0 bridgehead atoms. The molecular weight excluding hydrogens is 238 g/mol. The summed E-state index contributed by atoms with van der Waals surface area (Å²) in [4.78, 5) is 11.9. The Labute approximate surface area is 114 Å². The summed E-state index contributed by atoms with van der Waals surface area (Å²) in [6.07, 6.45) is 0.963. The topological polar surface area (TPSA) is 49.3 Å². The fourth-order valence-electron chi connectivity index (χ4n) is 2.15. The van der Waals surface area contributed by atoms with Crippen LogP contribution in [-0.4, -0.2) is 17.6 Å². The van der Waals surface area contributed by atoms with Crippen LogP contribution in [0.1, 0.15) is 31.4 Å². The van der Waals surface area contributed by atoms with Crippen LogP contribution in [0.5, 0.6) is 0 Å². The fraction of sp³-hybridized carbons (Fsp3) is 0.438. The Morgan fingerprint density at radius 1 is 1.47 bits per heavy atom. The summed E-state index contributed by atoms with van der Waals surface area (Å²) in [6.45, 7) is 4.55. The number of aliphatic hydroxyl groups excluding tert-OH is 1. The van der Waals surface area contributed by atoms with E-state index in [1.807, 2.05) is 24.3 Å². The average molecular weight is 257 g/mol. The quantitative estimate of drug-likeness (QED) is 0.810. The van der Waals surface area contributed by atoms with Gasteiger partial charge in [-0.25, -0.2) is 0 Å². The van der Waals surface area contributed by atoms with Gasteiger partial charge in [0.15, 0.2) is 0 Å². The molecule has 1 atom stereocenters. The lowest BCUT2D eigenvalue weighted by molar-refractivity contribution is -0.123. The van der Waals surface area contributed by atoms with Crippen molar-refractivity contribution in [2.24, 2.45) is 11.3 Å². The molecule has 0 aromatic heterocycles. The second-order valence-corrected chi connectivity index (χ2v) is 5.58. The van der Waals surface area contributed by atoms with E-state index in [2.05, 4.69) is 31.0 Å². The van der Waals surface area contributed by atoms with Gasteiger partial charge in [-0.05, 0) is 23.5 Å². The first-order valence-electron chi connectivity index (χ1n) is 6.50. The van der Waals surface area contributed by atoms with Crippen LogP contribution in [0.15, 0.2) is 24.3 Å². The van der Waals surface area contributed by atoms with Crippen LogP contribution in [0.25, 0.3) is 0 Å². The van der Waals surface area contributed by atoms with Crippen LogP contribution in [0.2, 0.25) is 0 Å². The van der Waals surface area contributed by atoms with Crippen molar-refractivity contribution in [1.82, 2.24) is 5.32 Å². The zero-order valence-electron chi connectivity index (χ0n) is 11.4. The minimum atomic E-state index is -0.156. The van der Waals surface area contributed by atoms with Gasteiger partial charge in [-0.3, -0.25) is 4.79 Å². The summed E-state index contributed by atoms with van der Waals surface area (Å²) in [5.74, 6) is 5.79. The highest BCUT2D eigenvalue weighted by atomic mass is 16.2. The molecule has 1 fully saturated rings. The number of amides is 1. The lowest BCUT2D eigenvalue weighted by atomic mass is 10.1. The van der Waals surface area contributed by atoms with E-state index in [0.717, 1.165) is 17.5 Å². The van der Waals surface area contributed by atoms with Gasteiger partial charge in [-0.2, -0.15) is 0 Å². The van der Waals surface area contributed by atoms with Gasteiger partial charge in [0.05, 0.1) is 0 Å². The lowest BCUT2D eigenvalue weighted by Crippen LogP contribution is -2.26. The normalized spacial score (nSPS) is 19.2. The Balaban J connectivity index is 1.98. The Morgan fingerprint density at radius 3 is 2.79 bits per heavy atom. The Hall–Kier alpha value is -1.79. The highest BCUT2D eigenvalue weighted by Crippen LogP contribution is 2.51. The molecule has 0 saturated heterocycles. The molecule has 1 aromatic carbocycles. The molecule has 3 heteroatoms.